The molecule has 0 atom stereocenters. The number of nitrogens with zero attached hydrogens (tertiary/aromatic N) is 4. The maximum absolute atomic E-state index is 12.7. The summed E-state index contributed by atoms with van der Waals surface area (Å²) in [6, 6.07) is 5.21. The topological polar surface area (TPSA) is 71.6 Å². The van der Waals surface area contributed by atoms with E-state index >= 15 is 0 Å². The van der Waals surface area contributed by atoms with E-state index in [-0.39, 0.29) is 16.9 Å². The summed E-state index contributed by atoms with van der Waals surface area (Å²) in [4.78, 5) is 29.0. The van der Waals surface area contributed by atoms with Gasteiger partial charge in [0.15, 0.2) is 0 Å². The van der Waals surface area contributed by atoms with Crippen LogP contribution in [-0.2, 0) is 12.0 Å². The Morgan fingerprint density at radius 2 is 1.79 bits per heavy atom. The third kappa shape index (κ3) is 4.52. The normalized spacial score (nSPS) is 15.8. The monoisotopic (exact) mass is 386 g/mol. The summed E-state index contributed by atoms with van der Waals surface area (Å²) in [5.41, 5.74) is 1.40. The fourth-order valence-electron chi connectivity index (χ4n) is 3.43. The minimum atomic E-state index is -0.0923. The smallest absolute Gasteiger partial charge is 0.266 e. The Balaban J connectivity index is 1.56. The SMILES string of the molecule is Cc1cc(C(=O)N2CCN(CCn3nc(C(C)(C)C)ccc3=O)CC2)c(C)o1. The Hall–Kier alpha value is -2.41. The summed E-state index contributed by atoms with van der Waals surface area (Å²) >= 11 is 0. The zero-order chi connectivity index (χ0) is 20.5. The van der Waals surface area contributed by atoms with Crippen LogP contribution in [0.4, 0.5) is 0 Å². The van der Waals surface area contributed by atoms with Gasteiger partial charge in [-0.1, -0.05) is 20.8 Å². The number of hydrogen-bond donors (Lipinski definition) is 0. The van der Waals surface area contributed by atoms with Crippen molar-refractivity contribution in [3.63, 3.8) is 0 Å². The Morgan fingerprint density at radius 1 is 1.11 bits per heavy atom. The molecule has 3 heterocycles. The lowest BCUT2D eigenvalue weighted by molar-refractivity contribution is 0.0629. The number of rotatable bonds is 4. The van der Waals surface area contributed by atoms with Crippen molar-refractivity contribution in [2.75, 3.05) is 32.7 Å². The molecule has 0 bridgehead atoms. The van der Waals surface area contributed by atoms with Gasteiger partial charge in [-0.15, -0.1) is 0 Å². The fraction of sp³-hybridized carbons (Fsp3) is 0.571. The molecular formula is C21H30N4O3. The van der Waals surface area contributed by atoms with Crippen LogP contribution in [-0.4, -0.2) is 58.2 Å². The molecule has 0 aliphatic carbocycles. The van der Waals surface area contributed by atoms with Gasteiger partial charge in [0, 0.05) is 44.2 Å². The van der Waals surface area contributed by atoms with Crippen molar-refractivity contribution in [3.05, 3.63) is 51.3 Å². The van der Waals surface area contributed by atoms with Crippen molar-refractivity contribution in [1.29, 1.82) is 0 Å². The molecule has 7 heteroatoms. The molecule has 1 fully saturated rings. The highest BCUT2D eigenvalue weighted by molar-refractivity contribution is 5.95. The maximum Gasteiger partial charge on any atom is 0.266 e. The van der Waals surface area contributed by atoms with E-state index < -0.39 is 0 Å². The minimum absolute atomic E-state index is 0.0322. The molecule has 0 N–H and O–H groups in total. The Morgan fingerprint density at radius 3 is 2.36 bits per heavy atom. The fourth-order valence-corrected chi connectivity index (χ4v) is 3.43. The number of piperazine rings is 1. The highest BCUT2D eigenvalue weighted by Crippen LogP contribution is 2.18. The molecule has 0 spiro atoms. The number of hydrogen-bond acceptors (Lipinski definition) is 5. The minimum Gasteiger partial charge on any atom is -0.466 e. The molecule has 2 aromatic heterocycles. The first-order chi connectivity index (χ1) is 13.1. The van der Waals surface area contributed by atoms with Crippen molar-refractivity contribution in [3.8, 4) is 0 Å². The first-order valence-electron chi connectivity index (χ1n) is 9.82. The van der Waals surface area contributed by atoms with Gasteiger partial charge in [-0.2, -0.15) is 5.10 Å². The summed E-state index contributed by atoms with van der Waals surface area (Å²) in [6.07, 6.45) is 0. The van der Waals surface area contributed by atoms with Gasteiger partial charge in [0.25, 0.3) is 11.5 Å². The van der Waals surface area contributed by atoms with Crippen molar-refractivity contribution in [2.24, 2.45) is 0 Å². The summed E-state index contributed by atoms with van der Waals surface area (Å²) in [7, 11) is 0. The van der Waals surface area contributed by atoms with Gasteiger partial charge >= 0.3 is 0 Å². The predicted octanol–water partition coefficient (Wildman–Crippen LogP) is 2.21. The van der Waals surface area contributed by atoms with Crippen LogP contribution in [0.2, 0.25) is 0 Å². The summed E-state index contributed by atoms with van der Waals surface area (Å²) in [5, 5.41) is 4.53. The Labute approximate surface area is 165 Å². The van der Waals surface area contributed by atoms with Crippen LogP contribution in [0.3, 0.4) is 0 Å². The van der Waals surface area contributed by atoms with E-state index in [9.17, 15) is 9.59 Å². The highest BCUT2D eigenvalue weighted by Gasteiger charge is 2.25. The molecule has 3 rings (SSSR count). The average Bonchev–Trinajstić information content (AvgIpc) is 2.98. The van der Waals surface area contributed by atoms with Gasteiger partial charge in [0.1, 0.15) is 11.5 Å². The standard InChI is InChI=1S/C21H30N4O3/c1-15-14-17(16(2)28-15)20(27)24-11-8-23(9-12-24)10-13-25-19(26)7-6-18(22-25)21(3,4)5/h6-7,14H,8-13H2,1-5H3. The Kier molecular flexibility index (Phi) is 5.74. The molecule has 0 saturated carbocycles. The summed E-state index contributed by atoms with van der Waals surface area (Å²) in [5.74, 6) is 1.47. The second-order valence-electron chi connectivity index (χ2n) is 8.49. The van der Waals surface area contributed by atoms with E-state index in [0.29, 0.717) is 31.0 Å². The van der Waals surface area contributed by atoms with Crippen LogP contribution in [0.5, 0.6) is 0 Å². The van der Waals surface area contributed by atoms with E-state index in [2.05, 4.69) is 30.8 Å². The molecule has 0 aromatic carbocycles. The van der Waals surface area contributed by atoms with Crippen LogP contribution in [0.25, 0.3) is 0 Å². The molecule has 0 unspecified atom stereocenters. The van der Waals surface area contributed by atoms with Gasteiger partial charge in [0.05, 0.1) is 17.8 Å². The zero-order valence-electron chi connectivity index (χ0n) is 17.5. The first-order valence-corrected chi connectivity index (χ1v) is 9.82. The van der Waals surface area contributed by atoms with Crippen LogP contribution in [0, 0.1) is 13.8 Å². The molecule has 2 aromatic rings. The average molecular weight is 386 g/mol. The van der Waals surface area contributed by atoms with E-state index in [1.165, 1.54) is 0 Å². The molecule has 1 saturated heterocycles. The maximum atomic E-state index is 12.7. The number of carbonyl (C=O) groups is 1. The quantitative estimate of drug-likeness (QED) is 0.806. The van der Waals surface area contributed by atoms with Crippen molar-refractivity contribution < 1.29 is 9.21 Å². The number of aryl methyl sites for hydroxylation is 2. The first kappa shape index (κ1) is 20.3. The van der Waals surface area contributed by atoms with Crippen molar-refractivity contribution in [1.82, 2.24) is 19.6 Å². The van der Waals surface area contributed by atoms with Crippen molar-refractivity contribution in [2.45, 2.75) is 46.6 Å². The van der Waals surface area contributed by atoms with E-state index in [1.54, 1.807) is 10.7 Å². The van der Waals surface area contributed by atoms with Crippen LogP contribution in [0.15, 0.2) is 27.4 Å². The number of aromatic nitrogens is 2. The molecule has 1 aliphatic rings. The zero-order valence-corrected chi connectivity index (χ0v) is 17.5. The molecule has 0 radical (unpaired) electrons. The molecule has 1 amide bonds. The van der Waals surface area contributed by atoms with Crippen LogP contribution < -0.4 is 5.56 Å². The molecule has 28 heavy (non-hydrogen) atoms. The largest absolute Gasteiger partial charge is 0.466 e. The lowest BCUT2D eigenvalue weighted by Crippen LogP contribution is -2.49. The molecule has 7 nitrogen and oxygen atoms in total. The summed E-state index contributed by atoms with van der Waals surface area (Å²) < 4.78 is 7.03. The molecule has 1 aliphatic heterocycles. The molecular weight excluding hydrogens is 356 g/mol. The van der Waals surface area contributed by atoms with Gasteiger partial charge < -0.3 is 9.32 Å². The van der Waals surface area contributed by atoms with Gasteiger partial charge in [-0.3, -0.25) is 14.5 Å². The number of amides is 1. The highest BCUT2D eigenvalue weighted by atomic mass is 16.3. The number of furan rings is 1. The second kappa shape index (κ2) is 7.91. The second-order valence-corrected chi connectivity index (χ2v) is 8.49. The van der Waals surface area contributed by atoms with E-state index in [1.807, 2.05) is 30.9 Å². The summed E-state index contributed by atoms with van der Waals surface area (Å²) in [6.45, 7) is 14.2. The Bertz CT molecular complexity index is 899. The predicted molar refractivity (Wildman–Crippen MR) is 108 cm³/mol. The molecule has 152 valence electrons. The van der Waals surface area contributed by atoms with E-state index in [0.717, 1.165) is 31.1 Å². The lowest BCUT2D eigenvalue weighted by atomic mass is 9.92. The lowest BCUT2D eigenvalue weighted by Gasteiger charge is -2.34. The number of carbonyl (C=O) groups excluding carboxylic acids is 1. The van der Waals surface area contributed by atoms with E-state index in [4.69, 9.17) is 4.42 Å². The van der Waals surface area contributed by atoms with Gasteiger partial charge in [0.2, 0.25) is 0 Å². The van der Waals surface area contributed by atoms with Crippen molar-refractivity contribution >= 4 is 5.91 Å². The third-order valence-electron chi connectivity index (χ3n) is 5.19. The van der Waals surface area contributed by atoms with Crippen LogP contribution >= 0.6 is 0 Å². The van der Waals surface area contributed by atoms with Crippen LogP contribution in [0.1, 0.15) is 48.3 Å². The van der Waals surface area contributed by atoms with Gasteiger partial charge in [-0.05, 0) is 26.0 Å². The third-order valence-corrected chi connectivity index (χ3v) is 5.19. The van der Waals surface area contributed by atoms with Gasteiger partial charge in [-0.25, -0.2) is 4.68 Å².